The van der Waals surface area contributed by atoms with Crippen molar-refractivity contribution in [3.05, 3.63) is 0 Å². The maximum atomic E-state index is 11.8. The van der Waals surface area contributed by atoms with Gasteiger partial charge in [0.25, 0.3) is 0 Å². The number of ether oxygens (including phenoxy) is 2. The van der Waals surface area contributed by atoms with Crippen LogP contribution in [-0.2, 0) is 9.47 Å². The van der Waals surface area contributed by atoms with Crippen molar-refractivity contribution in [1.82, 2.24) is 10.2 Å². The number of nitrogens with zero attached hydrogens (tertiary/aromatic N) is 1. The summed E-state index contributed by atoms with van der Waals surface area (Å²) in [4.78, 5) is 13.5. The summed E-state index contributed by atoms with van der Waals surface area (Å²) in [7, 11) is 1.77. The molecule has 0 spiro atoms. The molecule has 1 fully saturated rings. The summed E-state index contributed by atoms with van der Waals surface area (Å²) in [5.74, 6) is 0.555. The molecular formula is C16H32N2O3. The molecule has 2 atom stereocenters. The first-order chi connectivity index (χ1) is 9.69. The Morgan fingerprint density at radius 3 is 2.67 bits per heavy atom. The second-order valence-corrected chi connectivity index (χ2v) is 7.23. The molecule has 21 heavy (non-hydrogen) atoms. The average molecular weight is 300 g/mol. The lowest BCUT2D eigenvalue weighted by molar-refractivity contribution is -0.0246. The number of amides is 1. The zero-order chi connectivity index (χ0) is 16.0. The van der Waals surface area contributed by atoms with E-state index in [4.69, 9.17) is 9.47 Å². The van der Waals surface area contributed by atoms with Crippen molar-refractivity contribution in [3.63, 3.8) is 0 Å². The van der Waals surface area contributed by atoms with Gasteiger partial charge in [0, 0.05) is 32.8 Å². The van der Waals surface area contributed by atoms with Crippen LogP contribution in [0, 0.1) is 5.92 Å². The van der Waals surface area contributed by atoms with Crippen molar-refractivity contribution in [2.75, 3.05) is 26.7 Å². The highest BCUT2D eigenvalue weighted by Gasteiger charge is 2.25. The SMILES string of the molecule is CC(C)C1CC(NCCN(C)C(=O)OC(C)(C)C)CCO1. The van der Waals surface area contributed by atoms with E-state index >= 15 is 0 Å². The Kier molecular flexibility index (Phi) is 6.94. The third-order valence-corrected chi connectivity index (χ3v) is 3.64. The van der Waals surface area contributed by atoms with Gasteiger partial charge in [0.2, 0.25) is 0 Å². The number of rotatable bonds is 5. The van der Waals surface area contributed by atoms with E-state index in [0.29, 0.717) is 24.6 Å². The molecule has 0 bridgehead atoms. The van der Waals surface area contributed by atoms with E-state index < -0.39 is 5.60 Å². The van der Waals surface area contributed by atoms with Gasteiger partial charge >= 0.3 is 6.09 Å². The van der Waals surface area contributed by atoms with Crippen LogP contribution < -0.4 is 5.32 Å². The largest absolute Gasteiger partial charge is 0.444 e. The van der Waals surface area contributed by atoms with E-state index in [1.807, 2.05) is 20.8 Å². The monoisotopic (exact) mass is 300 g/mol. The highest BCUT2D eigenvalue weighted by Crippen LogP contribution is 2.20. The topological polar surface area (TPSA) is 50.8 Å². The minimum atomic E-state index is -0.441. The molecule has 124 valence electrons. The molecule has 0 aromatic heterocycles. The lowest BCUT2D eigenvalue weighted by Crippen LogP contribution is -2.44. The number of carbonyl (C=O) groups is 1. The fraction of sp³-hybridized carbons (Fsp3) is 0.938. The molecule has 1 heterocycles. The van der Waals surface area contributed by atoms with Crippen LogP contribution in [0.15, 0.2) is 0 Å². The van der Waals surface area contributed by atoms with E-state index in [1.54, 1.807) is 11.9 Å². The molecule has 0 aromatic carbocycles. The van der Waals surface area contributed by atoms with Crippen LogP contribution in [0.25, 0.3) is 0 Å². The van der Waals surface area contributed by atoms with Crippen LogP contribution in [0.1, 0.15) is 47.5 Å². The van der Waals surface area contributed by atoms with E-state index in [2.05, 4.69) is 19.2 Å². The molecule has 1 N–H and O–H groups in total. The Labute approximate surface area is 129 Å². The molecule has 0 aliphatic carbocycles. The van der Waals surface area contributed by atoms with E-state index in [1.165, 1.54) is 0 Å². The highest BCUT2D eigenvalue weighted by molar-refractivity contribution is 5.67. The Morgan fingerprint density at radius 1 is 1.43 bits per heavy atom. The second kappa shape index (κ2) is 7.99. The quantitative estimate of drug-likeness (QED) is 0.848. The molecule has 1 aliphatic rings. The predicted molar refractivity (Wildman–Crippen MR) is 84.5 cm³/mol. The average Bonchev–Trinajstić information content (AvgIpc) is 2.37. The molecule has 1 amide bonds. The molecule has 0 radical (unpaired) electrons. The molecule has 1 saturated heterocycles. The molecule has 1 aliphatic heterocycles. The predicted octanol–water partition coefficient (Wildman–Crippen LogP) is 2.65. The number of nitrogens with one attached hydrogen (secondary N) is 1. The molecule has 5 heteroatoms. The first-order valence-electron chi connectivity index (χ1n) is 7.98. The van der Waals surface area contributed by atoms with Crippen LogP contribution in [0.2, 0.25) is 0 Å². The van der Waals surface area contributed by atoms with Gasteiger partial charge < -0.3 is 19.7 Å². The van der Waals surface area contributed by atoms with Crippen molar-refractivity contribution in [2.24, 2.45) is 5.92 Å². The van der Waals surface area contributed by atoms with Crippen LogP contribution in [0.5, 0.6) is 0 Å². The van der Waals surface area contributed by atoms with Crippen LogP contribution in [-0.4, -0.2) is 55.5 Å². The Hall–Kier alpha value is -0.810. The Bertz CT molecular complexity index is 326. The maximum Gasteiger partial charge on any atom is 0.410 e. The molecule has 0 saturated carbocycles. The summed E-state index contributed by atoms with van der Waals surface area (Å²) >= 11 is 0. The molecule has 5 nitrogen and oxygen atoms in total. The highest BCUT2D eigenvalue weighted by atomic mass is 16.6. The van der Waals surface area contributed by atoms with Crippen LogP contribution in [0.4, 0.5) is 4.79 Å². The van der Waals surface area contributed by atoms with Gasteiger partial charge in [-0.2, -0.15) is 0 Å². The number of hydrogen-bond acceptors (Lipinski definition) is 4. The molecule has 1 rings (SSSR count). The Morgan fingerprint density at radius 2 is 2.10 bits per heavy atom. The minimum absolute atomic E-state index is 0.267. The third-order valence-electron chi connectivity index (χ3n) is 3.64. The summed E-state index contributed by atoms with van der Waals surface area (Å²) in [5, 5.41) is 3.53. The molecular weight excluding hydrogens is 268 g/mol. The molecule has 0 aromatic rings. The zero-order valence-corrected chi connectivity index (χ0v) is 14.4. The summed E-state index contributed by atoms with van der Waals surface area (Å²) < 4.78 is 11.1. The van der Waals surface area contributed by atoms with E-state index in [9.17, 15) is 4.79 Å². The van der Waals surface area contributed by atoms with Crippen molar-refractivity contribution in [3.8, 4) is 0 Å². The van der Waals surface area contributed by atoms with Crippen molar-refractivity contribution in [1.29, 1.82) is 0 Å². The van der Waals surface area contributed by atoms with Crippen molar-refractivity contribution >= 4 is 6.09 Å². The number of hydrogen-bond donors (Lipinski definition) is 1. The lowest BCUT2D eigenvalue weighted by atomic mass is 9.95. The van der Waals surface area contributed by atoms with Gasteiger partial charge in [-0.05, 0) is 39.5 Å². The smallest absolute Gasteiger partial charge is 0.410 e. The van der Waals surface area contributed by atoms with Crippen LogP contribution in [0.3, 0.4) is 0 Å². The molecule has 2 unspecified atom stereocenters. The van der Waals surface area contributed by atoms with Gasteiger partial charge in [-0.3, -0.25) is 0 Å². The maximum absolute atomic E-state index is 11.8. The van der Waals surface area contributed by atoms with E-state index in [-0.39, 0.29) is 6.09 Å². The van der Waals surface area contributed by atoms with Gasteiger partial charge in [-0.1, -0.05) is 13.8 Å². The van der Waals surface area contributed by atoms with Gasteiger partial charge in [-0.25, -0.2) is 4.79 Å². The summed E-state index contributed by atoms with van der Waals surface area (Å²) in [6.07, 6.45) is 2.17. The standard InChI is InChI=1S/C16H32N2O3/c1-12(2)14-11-13(7-10-20-14)17-8-9-18(6)15(19)21-16(3,4)5/h12-14,17H,7-11H2,1-6H3. The summed E-state index contributed by atoms with van der Waals surface area (Å²) in [6.45, 7) is 12.3. The summed E-state index contributed by atoms with van der Waals surface area (Å²) in [6, 6.07) is 0.484. The van der Waals surface area contributed by atoms with Crippen LogP contribution >= 0.6 is 0 Å². The normalized spacial score (nSPS) is 23.2. The number of carbonyl (C=O) groups excluding carboxylic acids is 1. The number of likely N-dealkylation sites (N-methyl/N-ethyl adjacent to an activating group) is 1. The van der Waals surface area contributed by atoms with Gasteiger partial charge in [-0.15, -0.1) is 0 Å². The Balaban J connectivity index is 2.25. The van der Waals surface area contributed by atoms with E-state index in [0.717, 1.165) is 26.0 Å². The summed E-state index contributed by atoms with van der Waals surface area (Å²) in [5.41, 5.74) is -0.441. The third kappa shape index (κ3) is 7.14. The minimum Gasteiger partial charge on any atom is -0.444 e. The van der Waals surface area contributed by atoms with Gasteiger partial charge in [0.15, 0.2) is 0 Å². The lowest BCUT2D eigenvalue weighted by Gasteiger charge is -2.33. The first kappa shape index (κ1) is 18.2. The van der Waals surface area contributed by atoms with Gasteiger partial charge in [0.05, 0.1) is 6.10 Å². The van der Waals surface area contributed by atoms with Crippen molar-refractivity contribution in [2.45, 2.75) is 65.2 Å². The zero-order valence-electron chi connectivity index (χ0n) is 14.4. The first-order valence-corrected chi connectivity index (χ1v) is 7.98. The van der Waals surface area contributed by atoms with Gasteiger partial charge in [0.1, 0.15) is 5.60 Å². The fourth-order valence-electron chi connectivity index (χ4n) is 2.35. The van der Waals surface area contributed by atoms with Crippen molar-refractivity contribution < 1.29 is 14.3 Å². The second-order valence-electron chi connectivity index (χ2n) is 7.23. The fourth-order valence-corrected chi connectivity index (χ4v) is 2.35.